The monoisotopic (exact) mass is 454 g/mol. The van der Waals surface area contributed by atoms with E-state index in [-0.39, 0.29) is 28.2 Å². The van der Waals surface area contributed by atoms with Crippen LogP contribution in [-0.4, -0.2) is 59.4 Å². The van der Waals surface area contributed by atoms with E-state index < -0.39 is 0 Å². The van der Waals surface area contributed by atoms with Gasteiger partial charge in [-0.1, -0.05) is 6.07 Å². The number of benzene rings is 1. The lowest BCUT2D eigenvalue weighted by Crippen LogP contribution is -2.62. The predicted molar refractivity (Wildman–Crippen MR) is 123 cm³/mol. The Bertz CT molecular complexity index is 1100. The van der Waals surface area contributed by atoms with E-state index in [1.165, 1.54) is 6.33 Å². The Morgan fingerprint density at radius 1 is 1.06 bits per heavy atom. The number of nitrogens with zero attached hydrogens (tertiary/aromatic N) is 7. The van der Waals surface area contributed by atoms with Crippen molar-refractivity contribution in [3.05, 3.63) is 36.0 Å². The number of nitrogens with one attached hydrogen (secondary N) is 1. The Hall–Kier alpha value is -2.91. The second kappa shape index (κ2) is 8.22. The molecule has 3 aromatic rings. The number of aromatic nitrogens is 6. The molecule has 0 spiro atoms. The highest BCUT2D eigenvalue weighted by Crippen LogP contribution is 2.33. The van der Waals surface area contributed by atoms with Crippen LogP contribution < -0.4 is 10.2 Å². The molecule has 0 saturated carbocycles. The van der Waals surface area contributed by atoms with Crippen molar-refractivity contribution >= 4 is 17.5 Å². The molecular formula is C22H27ClN8O. The molecule has 1 aromatic carbocycles. The summed E-state index contributed by atoms with van der Waals surface area (Å²) in [4.78, 5) is 18.5. The van der Waals surface area contributed by atoms with Crippen molar-refractivity contribution in [3.63, 3.8) is 0 Å². The molecule has 1 aliphatic rings. The largest absolute Gasteiger partial charge is 0.507 e. The lowest BCUT2D eigenvalue weighted by Gasteiger charge is -2.48. The second-order valence-electron chi connectivity index (χ2n) is 9.52. The molecule has 2 N–H and O–H groups in total. The number of hydrogen-bond donors (Lipinski definition) is 2. The molecule has 10 heteroatoms. The smallest absolute Gasteiger partial charge is 0.245 e. The predicted octanol–water partition coefficient (Wildman–Crippen LogP) is 3.50. The number of halogens is 1. The van der Waals surface area contributed by atoms with Crippen molar-refractivity contribution in [2.24, 2.45) is 0 Å². The number of rotatable bonds is 4. The van der Waals surface area contributed by atoms with Crippen LogP contribution in [-0.2, 0) is 0 Å². The fourth-order valence-corrected chi connectivity index (χ4v) is 4.69. The van der Waals surface area contributed by atoms with Gasteiger partial charge in [-0.15, -0.1) is 10.2 Å². The van der Waals surface area contributed by atoms with E-state index in [4.69, 9.17) is 11.6 Å². The molecule has 2 aromatic heterocycles. The maximum Gasteiger partial charge on any atom is 0.245 e. The van der Waals surface area contributed by atoms with Gasteiger partial charge in [0.25, 0.3) is 0 Å². The number of aromatic hydroxyl groups is 1. The van der Waals surface area contributed by atoms with Crippen LogP contribution in [0.3, 0.4) is 0 Å². The first-order chi connectivity index (χ1) is 15.0. The van der Waals surface area contributed by atoms with Gasteiger partial charge in [-0.2, -0.15) is 4.98 Å². The van der Waals surface area contributed by atoms with Crippen molar-refractivity contribution < 1.29 is 5.11 Å². The standard InChI is InChI=1S/C22H27ClN8O/c1-21(2)9-14(10-22(3,4)30-21)31(5)20-24-11-16(28-29-20)15-7-6-13(8-17(15)32)18-25-12-26-19(23)27-18/h6-8,11-12,14,30,32H,9-10H2,1-5H3. The number of hydrogen-bond acceptors (Lipinski definition) is 9. The SMILES string of the molecule is CN(c1ncc(-c2ccc(-c3ncnc(Cl)n3)cc2O)nn1)C1CC(C)(C)NC(C)(C)C1. The first kappa shape index (κ1) is 22.3. The molecule has 168 valence electrons. The molecule has 1 saturated heterocycles. The van der Waals surface area contributed by atoms with Crippen LogP contribution >= 0.6 is 11.6 Å². The highest BCUT2D eigenvalue weighted by Gasteiger charge is 2.39. The van der Waals surface area contributed by atoms with Crippen molar-refractivity contribution in [2.75, 3.05) is 11.9 Å². The third-order valence-electron chi connectivity index (χ3n) is 5.66. The van der Waals surface area contributed by atoms with E-state index in [1.54, 1.807) is 24.4 Å². The molecule has 0 radical (unpaired) electrons. The topological polar surface area (TPSA) is 113 Å². The lowest BCUT2D eigenvalue weighted by molar-refractivity contribution is 0.160. The van der Waals surface area contributed by atoms with Gasteiger partial charge in [-0.25, -0.2) is 15.0 Å². The third-order valence-corrected chi connectivity index (χ3v) is 5.84. The van der Waals surface area contributed by atoms with Crippen LogP contribution in [0.1, 0.15) is 40.5 Å². The van der Waals surface area contributed by atoms with Gasteiger partial charge >= 0.3 is 0 Å². The lowest BCUT2D eigenvalue weighted by atomic mass is 9.79. The molecule has 0 bridgehead atoms. The summed E-state index contributed by atoms with van der Waals surface area (Å²) in [5, 5.41) is 23.0. The molecule has 0 amide bonds. The molecule has 0 atom stereocenters. The van der Waals surface area contributed by atoms with Crippen LogP contribution in [0.15, 0.2) is 30.7 Å². The van der Waals surface area contributed by atoms with Gasteiger partial charge in [0.1, 0.15) is 17.8 Å². The fraction of sp³-hybridized carbons (Fsp3) is 0.455. The molecule has 4 rings (SSSR count). The molecule has 0 aliphatic carbocycles. The summed E-state index contributed by atoms with van der Waals surface area (Å²) in [5.41, 5.74) is 1.65. The molecule has 32 heavy (non-hydrogen) atoms. The molecule has 1 aliphatic heterocycles. The Balaban J connectivity index is 1.55. The minimum atomic E-state index is 0.0182. The average molecular weight is 455 g/mol. The van der Waals surface area contributed by atoms with Crippen LogP contribution in [0.4, 0.5) is 5.95 Å². The fourth-order valence-electron chi connectivity index (χ4n) is 4.56. The zero-order valence-corrected chi connectivity index (χ0v) is 19.6. The number of anilines is 1. The van der Waals surface area contributed by atoms with E-state index in [9.17, 15) is 5.11 Å². The quantitative estimate of drug-likeness (QED) is 0.611. The van der Waals surface area contributed by atoms with Crippen molar-refractivity contribution in [2.45, 2.75) is 57.7 Å². The zero-order chi connectivity index (χ0) is 23.1. The van der Waals surface area contributed by atoms with Gasteiger partial charge in [0.15, 0.2) is 5.82 Å². The van der Waals surface area contributed by atoms with E-state index in [0.717, 1.165) is 12.8 Å². The summed E-state index contributed by atoms with van der Waals surface area (Å²) >= 11 is 5.83. The van der Waals surface area contributed by atoms with Gasteiger partial charge < -0.3 is 15.3 Å². The highest BCUT2D eigenvalue weighted by atomic mass is 35.5. The Morgan fingerprint density at radius 2 is 1.78 bits per heavy atom. The van der Waals surface area contributed by atoms with E-state index in [1.807, 2.05) is 7.05 Å². The summed E-state index contributed by atoms with van der Waals surface area (Å²) in [5.74, 6) is 0.960. The Kier molecular flexibility index (Phi) is 5.72. The maximum atomic E-state index is 10.6. The number of phenols is 1. The van der Waals surface area contributed by atoms with E-state index in [2.05, 4.69) is 68.0 Å². The second-order valence-corrected chi connectivity index (χ2v) is 9.86. The summed E-state index contributed by atoms with van der Waals surface area (Å²) in [7, 11) is 2.00. The van der Waals surface area contributed by atoms with E-state index >= 15 is 0 Å². The van der Waals surface area contributed by atoms with Gasteiger partial charge in [-0.3, -0.25) is 0 Å². The van der Waals surface area contributed by atoms with Gasteiger partial charge in [-0.05, 0) is 64.3 Å². The van der Waals surface area contributed by atoms with Crippen LogP contribution in [0, 0.1) is 0 Å². The summed E-state index contributed by atoms with van der Waals surface area (Å²) in [6.45, 7) is 8.87. The molecule has 9 nitrogen and oxygen atoms in total. The highest BCUT2D eigenvalue weighted by molar-refractivity contribution is 6.28. The summed E-state index contributed by atoms with van der Waals surface area (Å²) in [6, 6.07) is 5.35. The van der Waals surface area contributed by atoms with Gasteiger partial charge in [0.05, 0.1) is 6.20 Å². The first-order valence-corrected chi connectivity index (χ1v) is 10.8. The minimum Gasteiger partial charge on any atom is -0.507 e. The molecule has 1 fully saturated rings. The molecule has 3 heterocycles. The first-order valence-electron chi connectivity index (χ1n) is 10.4. The molecule has 0 unspecified atom stereocenters. The zero-order valence-electron chi connectivity index (χ0n) is 18.8. The minimum absolute atomic E-state index is 0.0182. The average Bonchev–Trinajstić information content (AvgIpc) is 2.71. The molecular weight excluding hydrogens is 428 g/mol. The number of phenolic OH excluding ortho intramolecular Hbond substituents is 1. The van der Waals surface area contributed by atoms with Crippen LogP contribution in [0.5, 0.6) is 5.75 Å². The summed E-state index contributed by atoms with van der Waals surface area (Å²) < 4.78 is 0. The van der Waals surface area contributed by atoms with Crippen LogP contribution in [0.25, 0.3) is 22.6 Å². The van der Waals surface area contributed by atoms with E-state index in [0.29, 0.717) is 28.6 Å². The normalized spacial score (nSPS) is 17.8. The van der Waals surface area contributed by atoms with Crippen molar-refractivity contribution in [3.8, 4) is 28.4 Å². The van der Waals surface area contributed by atoms with Gasteiger partial charge in [0, 0.05) is 35.3 Å². The van der Waals surface area contributed by atoms with Crippen LogP contribution in [0.2, 0.25) is 5.28 Å². The Morgan fingerprint density at radius 3 is 2.38 bits per heavy atom. The van der Waals surface area contributed by atoms with Gasteiger partial charge in [0.2, 0.25) is 11.2 Å². The summed E-state index contributed by atoms with van der Waals surface area (Å²) in [6.07, 6.45) is 4.90. The number of piperidine rings is 1. The van der Waals surface area contributed by atoms with Crippen molar-refractivity contribution in [1.82, 2.24) is 35.5 Å². The third kappa shape index (κ3) is 4.78. The maximum absolute atomic E-state index is 10.6. The van der Waals surface area contributed by atoms with Crippen molar-refractivity contribution in [1.29, 1.82) is 0 Å². The Labute approximate surface area is 192 Å².